The summed E-state index contributed by atoms with van der Waals surface area (Å²) >= 11 is 4.81. The molecular formula is C10H14BrF3N2S. The van der Waals surface area contributed by atoms with E-state index in [-0.39, 0.29) is 12.6 Å². The minimum absolute atomic E-state index is 0.0408. The number of nitrogens with zero attached hydrogens (tertiary/aromatic N) is 1. The van der Waals surface area contributed by atoms with Gasteiger partial charge >= 0.3 is 6.18 Å². The van der Waals surface area contributed by atoms with Gasteiger partial charge in [0.1, 0.15) is 0 Å². The van der Waals surface area contributed by atoms with Gasteiger partial charge in [-0.25, -0.2) is 0 Å². The maximum Gasteiger partial charge on any atom is 0.390 e. The Morgan fingerprint density at radius 3 is 2.59 bits per heavy atom. The molecule has 98 valence electrons. The van der Waals surface area contributed by atoms with E-state index in [1.54, 1.807) is 11.9 Å². The van der Waals surface area contributed by atoms with Crippen LogP contribution in [0.2, 0.25) is 0 Å². The van der Waals surface area contributed by atoms with Gasteiger partial charge in [-0.3, -0.25) is 4.90 Å². The molecule has 0 aromatic carbocycles. The van der Waals surface area contributed by atoms with E-state index in [4.69, 9.17) is 5.73 Å². The molecule has 0 saturated carbocycles. The van der Waals surface area contributed by atoms with Crippen molar-refractivity contribution in [3.05, 3.63) is 20.8 Å². The molecule has 0 amide bonds. The van der Waals surface area contributed by atoms with Crippen LogP contribution in [0.3, 0.4) is 0 Å². The SMILES string of the molecule is CN(CCC(F)(F)F)C(CN)c1cc(Br)cs1. The molecule has 2 N–H and O–H groups in total. The molecule has 0 radical (unpaired) electrons. The smallest absolute Gasteiger partial charge is 0.329 e. The molecule has 1 aromatic rings. The second-order valence-corrected chi connectivity index (χ2v) is 5.62. The van der Waals surface area contributed by atoms with Gasteiger partial charge in [-0.1, -0.05) is 0 Å². The van der Waals surface area contributed by atoms with Crippen LogP contribution in [0.1, 0.15) is 17.3 Å². The van der Waals surface area contributed by atoms with E-state index < -0.39 is 12.6 Å². The standard InChI is InChI=1S/C10H14BrF3N2S/c1-16(3-2-10(12,13)14)8(5-15)9-4-7(11)6-17-9/h4,6,8H,2-3,5,15H2,1H3. The van der Waals surface area contributed by atoms with Gasteiger partial charge in [0.15, 0.2) is 0 Å². The molecule has 0 saturated heterocycles. The van der Waals surface area contributed by atoms with Crippen LogP contribution in [0.5, 0.6) is 0 Å². The Morgan fingerprint density at radius 2 is 2.18 bits per heavy atom. The van der Waals surface area contributed by atoms with Crippen LogP contribution in [0.25, 0.3) is 0 Å². The topological polar surface area (TPSA) is 29.3 Å². The summed E-state index contributed by atoms with van der Waals surface area (Å²) in [6.07, 6.45) is -4.93. The first-order valence-corrected chi connectivity index (χ1v) is 6.71. The maximum atomic E-state index is 12.1. The zero-order valence-corrected chi connectivity index (χ0v) is 11.7. The predicted molar refractivity (Wildman–Crippen MR) is 67.1 cm³/mol. The average molecular weight is 331 g/mol. The van der Waals surface area contributed by atoms with Gasteiger partial charge in [-0.2, -0.15) is 13.2 Å². The largest absolute Gasteiger partial charge is 0.390 e. The lowest BCUT2D eigenvalue weighted by atomic mass is 10.2. The van der Waals surface area contributed by atoms with Gasteiger partial charge in [0.25, 0.3) is 0 Å². The van der Waals surface area contributed by atoms with E-state index in [9.17, 15) is 13.2 Å². The molecule has 0 fully saturated rings. The first-order chi connectivity index (χ1) is 7.83. The summed E-state index contributed by atoms with van der Waals surface area (Å²) in [5, 5.41) is 1.90. The minimum Gasteiger partial charge on any atom is -0.329 e. The van der Waals surface area contributed by atoms with Crippen molar-refractivity contribution in [2.45, 2.75) is 18.6 Å². The first kappa shape index (κ1) is 14.9. The molecule has 7 heteroatoms. The molecule has 1 unspecified atom stereocenters. The van der Waals surface area contributed by atoms with E-state index >= 15 is 0 Å². The summed E-state index contributed by atoms with van der Waals surface area (Å²) in [6, 6.07) is 1.74. The first-order valence-electron chi connectivity index (χ1n) is 5.04. The van der Waals surface area contributed by atoms with Crippen LogP contribution in [0, 0.1) is 0 Å². The third-order valence-electron chi connectivity index (χ3n) is 2.42. The van der Waals surface area contributed by atoms with Crippen molar-refractivity contribution in [3.8, 4) is 0 Å². The molecule has 0 aliphatic heterocycles. The monoisotopic (exact) mass is 330 g/mol. The normalized spacial score (nSPS) is 14.3. The second-order valence-electron chi connectivity index (χ2n) is 3.76. The molecule has 1 heterocycles. The van der Waals surface area contributed by atoms with Gasteiger partial charge < -0.3 is 5.73 Å². The summed E-state index contributed by atoms with van der Waals surface area (Å²) < 4.78 is 37.3. The summed E-state index contributed by atoms with van der Waals surface area (Å²) in [5.74, 6) is 0. The number of rotatable bonds is 5. The highest BCUT2D eigenvalue weighted by Gasteiger charge is 2.28. The zero-order chi connectivity index (χ0) is 13.1. The molecular weight excluding hydrogens is 317 g/mol. The Balaban J connectivity index is 2.61. The highest BCUT2D eigenvalue weighted by Crippen LogP contribution is 2.29. The highest BCUT2D eigenvalue weighted by molar-refractivity contribution is 9.10. The second kappa shape index (κ2) is 6.17. The van der Waals surface area contributed by atoms with E-state index in [0.717, 1.165) is 9.35 Å². The van der Waals surface area contributed by atoms with Crippen LogP contribution in [0.15, 0.2) is 15.9 Å². The summed E-state index contributed by atoms with van der Waals surface area (Å²) in [7, 11) is 1.66. The van der Waals surface area contributed by atoms with E-state index in [1.807, 2.05) is 11.4 Å². The number of likely N-dealkylation sites (N-methyl/N-ethyl adjacent to an activating group) is 1. The van der Waals surface area contributed by atoms with Crippen molar-refractivity contribution in [1.82, 2.24) is 4.90 Å². The van der Waals surface area contributed by atoms with E-state index in [1.165, 1.54) is 11.3 Å². The van der Waals surface area contributed by atoms with Crippen molar-refractivity contribution in [2.24, 2.45) is 5.73 Å². The van der Waals surface area contributed by atoms with Gasteiger partial charge in [0.2, 0.25) is 0 Å². The Hall–Kier alpha value is -0.110. The van der Waals surface area contributed by atoms with Crippen molar-refractivity contribution >= 4 is 27.3 Å². The van der Waals surface area contributed by atoms with Crippen molar-refractivity contribution in [2.75, 3.05) is 20.1 Å². The molecule has 17 heavy (non-hydrogen) atoms. The Morgan fingerprint density at radius 1 is 1.53 bits per heavy atom. The molecule has 2 nitrogen and oxygen atoms in total. The molecule has 1 atom stereocenters. The number of thiophene rings is 1. The Kier molecular flexibility index (Phi) is 5.43. The Bertz CT molecular complexity index is 354. The van der Waals surface area contributed by atoms with Crippen LogP contribution in [0.4, 0.5) is 13.2 Å². The average Bonchev–Trinajstić information content (AvgIpc) is 2.62. The quantitative estimate of drug-likeness (QED) is 0.896. The number of hydrogen-bond donors (Lipinski definition) is 1. The third-order valence-corrected chi connectivity index (χ3v) is 4.21. The van der Waals surface area contributed by atoms with Gasteiger partial charge in [0, 0.05) is 27.8 Å². The Labute approximate surface area is 111 Å². The fourth-order valence-corrected chi connectivity index (χ4v) is 3.10. The van der Waals surface area contributed by atoms with Crippen LogP contribution < -0.4 is 5.73 Å². The molecule has 0 aliphatic carbocycles. The van der Waals surface area contributed by atoms with Gasteiger partial charge in [0.05, 0.1) is 12.5 Å². The molecule has 0 bridgehead atoms. The van der Waals surface area contributed by atoms with Crippen LogP contribution in [-0.4, -0.2) is 31.2 Å². The molecule has 0 aliphatic rings. The zero-order valence-electron chi connectivity index (χ0n) is 9.30. The number of hydrogen-bond acceptors (Lipinski definition) is 3. The maximum absolute atomic E-state index is 12.1. The fraction of sp³-hybridized carbons (Fsp3) is 0.600. The summed E-state index contributed by atoms with van der Waals surface area (Å²) in [5.41, 5.74) is 5.62. The summed E-state index contributed by atoms with van der Waals surface area (Å²) in [6.45, 7) is 0.266. The molecule has 1 rings (SSSR count). The molecule has 0 spiro atoms. The summed E-state index contributed by atoms with van der Waals surface area (Å²) in [4.78, 5) is 2.62. The van der Waals surface area contributed by atoms with Gasteiger partial charge in [-0.05, 0) is 29.0 Å². The molecule has 1 aromatic heterocycles. The number of halogens is 4. The highest BCUT2D eigenvalue weighted by atomic mass is 79.9. The van der Waals surface area contributed by atoms with Crippen LogP contribution in [-0.2, 0) is 0 Å². The van der Waals surface area contributed by atoms with Gasteiger partial charge in [-0.15, -0.1) is 11.3 Å². The van der Waals surface area contributed by atoms with Crippen molar-refractivity contribution in [1.29, 1.82) is 0 Å². The lowest BCUT2D eigenvalue weighted by Gasteiger charge is -2.26. The lowest BCUT2D eigenvalue weighted by molar-refractivity contribution is -0.138. The van der Waals surface area contributed by atoms with Crippen LogP contribution >= 0.6 is 27.3 Å². The van der Waals surface area contributed by atoms with E-state index in [2.05, 4.69) is 15.9 Å². The van der Waals surface area contributed by atoms with Crippen molar-refractivity contribution in [3.63, 3.8) is 0 Å². The fourth-order valence-electron chi connectivity index (χ4n) is 1.48. The minimum atomic E-state index is -4.12. The van der Waals surface area contributed by atoms with E-state index in [0.29, 0.717) is 6.54 Å². The lowest BCUT2D eigenvalue weighted by Crippen LogP contribution is -2.32. The third kappa shape index (κ3) is 4.95. The number of nitrogens with two attached hydrogens (primary N) is 1. The predicted octanol–water partition coefficient (Wildman–Crippen LogP) is 3.39. The van der Waals surface area contributed by atoms with Crippen molar-refractivity contribution < 1.29 is 13.2 Å². The number of alkyl halides is 3.